The summed E-state index contributed by atoms with van der Waals surface area (Å²) in [5, 5.41) is 15.1. The summed E-state index contributed by atoms with van der Waals surface area (Å²) in [6, 6.07) is 0. The highest BCUT2D eigenvalue weighted by atomic mass is 35.5. The quantitative estimate of drug-likeness (QED) is 0.459. The Hall–Kier alpha value is 0.770. The van der Waals surface area contributed by atoms with Crippen LogP contribution in [0.3, 0.4) is 0 Å². The Balaban J connectivity index is 4.61. The minimum atomic E-state index is -2.71. The van der Waals surface area contributed by atoms with Crippen LogP contribution in [0.15, 0.2) is 0 Å². The summed E-state index contributed by atoms with van der Waals surface area (Å²) in [4.78, 5) is 20.8. The van der Waals surface area contributed by atoms with Crippen LogP contribution in [0.2, 0.25) is 0 Å². The van der Waals surface area contributed by atoms with E-state index in [1.54, 1.807) is 0 Å². The minimum Gasteiger partial charge on any atom is -0.359 e. The number of rotatable bonds is 4. The molecule has 0 aromatic carbocycles. The number of carbonyl (C=O) groups is 2. The third-order valence-electron chi connectivity index (χ3n) is 0.755. The minimum absolute atomic E-state index is 0.201. The van der Waals surface area contributed by atoms with E-state index in [4.69, 9.17) is 56.6 Å². The molecule has 0 aliphatic rings. The van der Waals surface area contributed by atoms with E-state index in [1.165, 1.54) is 0 Å². The van der Waals surface area contributed by atoms with Gasteiger partial charge in [-0.1, -0.05) is 23.2 Å². The second-order valence-corrected chi connectivity index (χ2v) is 5.39. The maximum absolute atomic E-state index is 10.4. The Labute approximate surface area is 97.1 Å². The smallest absolute Gasteiger partial charge is 0.280 e. The Kier molecular flexibility index (Phi) is 4.79. The molecule has 0 aliphatic heterocycles. The Morgan fingerprint density at radius 3 is 1.38 bits per heavy atom. The van der Waals surface area contributed by atoms with Crippen LogP contribution < -0.4 is 0 Å². The van der Waals surface area contributed by atoms with E-state index in [2.05, 4.69) is 0 Å². The highest BCUT2D eigenvalue weighted by molar-refractivity contribution is 8.05. The van der Waals surface area contributed by atoms with Gasteiger partial charge in [0.25, 0.3) is 19.3 Å². The zero-order valence-electron chi connectivity index (χ0n) is 5.63. The lowest BCUT2D eigenvalue weighted by atomic mass is 10.8. The molecule has 0 radical (unpaired) electrons. The number of halogens is 4. The van der Waals surface area contributed by atoms with Gasteiger partial charge in [0.15, 0.2) is 0 Å². The molecular formula is C4H2Cl4O4S. The predicted octanol–water partition coefficient (Wildman–Crippen LogP) is 1.02. The molecule has 0 aliphatic carbocycles. The van der Waals surface area contributed by atoms with Crippen molar-refractivity contribution in [3.05, 3.63) is 0 Å². The van der Waals surface area contributed by atoms with Crippen LogP contribution in [-0.4, -0.2) is 29.5 Å². The number of aliphatic hydroxyl groups is 2. The molecule has 0 aromatic heterocycles. The lowest BCUT2D eigenvalue weighted by Crippen LogP contribution is -2.35. The third-order valence-corrected chi connectivity index (χ3v) is 3.44. The average Bonchev–Trinajstić information content (AvgIpc) is 1.83. The van der Waals surface area contributed by atoms with E-state index in [1.807, 2.05) is 0 Å². The first-order chi connectivity index (χ1) is 5.59. The van der Waals surface area contributed by atoms with Crippen LogP contribution in [0.4, 0.5) is 0 Å². The van der Waals surface area contributed by atoms with Gasteiger partial charge in [-0.3, -0.25) is 9.59 Å². The molecule has 0 aromatic rings. The molecule has 0 saturated carbocycles. The van der Waals surface area contributed by atoms with Gasteiger partial charge in [0.05, 0.1) is 0 Å². The molecule has 0 fully saturated rings. The van der Waals surface area contributed by atoms with Gasteiger partial charge in [-0.05, 0) is 35.0 Å². The lowest BCUT2D eigenvalue weighted by Gasteiger charge is -2.22. The highest BCUT2D eigenvalue weighted by Gasteiger charge is 2.46. The summed E-state index contributed by atoms with van der Waals surface area (Å²) in [6.45, 7) is 0. The van der Waals surface area contributed by atoms with Crippen LogP contribution in [0.5, 0.6) is 0 Å². The molecule has 0 rings (SSSR count). The predicted molar refractivity (Wildman–Crippen MR) is 50.9 cm³/mol. The molecule has 0 amide bonds. The van der Waals surface area contributed by atoms with Crippen molar-refractivity contribution in [3.63, 3.8) is 0 Å². The zero-order valence-corrected chi connectivity index (χ0v) is 9.47. The fraction of sp³-hybridized carbons (Fsp3) is 0.500. The fourth-order valence-corrected chi connectivity index (χ4v) is 1.80. The number of hydrogen-bond donors (Lipinski definition) is 2. The molecule has 9 heteroatoms. The van der Waals surface area contributed by atoms with Gasteiger partial charge in [0.2, 0.25) is 0 Å². The molecule has 13 heavy (non-hydrogen) atoms. The van der Waals surface area contributed by atoms with Crippen molar-refractivity contribution < 1.29 is 19.8 Å². The summed E-state index contributed by atoms with van der Waals surface area (Å²) < 4.78 is -5.41. The van der Waals surface area contributed by atoms with Crippen molar-refractivity contribution in [1.29, 1.82) is 0 Å². The molecule has 76 valence electrons. The number of carbonyl (C=O) groups excluding carboxylic acids is 2. The Morgan fingerprint density at radius 2 is 1.23 bits per heavy atom. The van der Waals surface area contributed by atoms with E-state index < -0.39 is 19.3 Å². The molecule has 2 unspecified atom stereocenters. The molecule has 0 bridgehead atoms. The van der Waals surface area contributed by atoms with Gasteiger partial charge in [-0.15, -0.1) is 0 Å². The summed E-state index contributed by atoms with van der Waals surface area (Å²) >= 11 is 19.6. The van der Waals surface area contributed by atoms with Crippen molar-refractivity contribution in [2.75, 3.05) is 0 Å². The topological polar surface area (TPSA) is 74.6 Å². The van der Waals surface area contributed by atoms with Crippen LogP contribution >= 0.6 is 58.2 Å². The molecular weight excluding hydrogens is 286 g/mol. The van der Waals surface area contributed by atoms with Crippen molar-refractivity contribution in [3.8, 4) is 0 Å². The number of hydrogen-bond acceptors (Lipinski definition) is 5. The van der Waals surface area contributed by atoms with E-state index in [9.17, 15) is 9.59 Å². The SMILES string of the molecule is O=C(Cl)C(O)(Cl)SC(O)(Cl)C(=O)Cl. The van der Waals surface area contributed by atoms with E-state index in [-0.39, 0.29) is 11.8 Å². The number of alkyl halides is 2. The Bertz CT molecular complexity index is 216. The summed E-state index contributed by atoms with van der Waals surface area (Å²) in [5.74, 6) is 0. The fourth-order valence-electron chi connectivity index (χ4n) is 0.259. The molecule has 0 spiro atoms. The normalized spacial score (nSPS) is 20.2. The molecule has 2 N–H and O–H groups in total. The lowest BCUT2D eigenvalue weighted by molar-refractivity contribution is -0.118. The molecule has 0 saturated heterocycles. The second kappa shape index (κ2) is 4.53. The van der Waals surface area contributed by atoms with E-state index in [0.717, 1.165) is 0 Å². The molecule has 2 atom stereocenters. The highest BCUT2D eigenvalue weighted by Crippen LogP contribution is 2.41. The summed E-state index contributed by atoms with van der Waals surface area (Å²) in [7, 11) is 0. The van der Waals surface area contributed by atoms with Gasteiger partial charge in [-0.2, -0.15) is 0 Å². The first-order valence-corrected chi connectivity index (χ1v) is 4.85. The monoisotopic (exact) mass is 286 g/mol. The van der Waals surface area contributed by atoms with E-state index >= 15 is 0 Å². The van der Waals surface area contributed by atoms with Crippen molar-refractivity contribution in [1.82, 2.24) is 0 Å². The van der Waals surface area contributed by atoms with Gasteiger partial charge >= 0.3 is 0 Å². The molecule has 0 heterocycles. The van der Waals surface area contributed by atoms with Crippen LogP contribution in [0, 0.1) is 0 Å². The van der Waals surface area contributed by atoms with Gasteiger partial charge in [0.1, 0.15) is 0 Å². The summed E-state index contributed by atoms with van der Waals surface area (Å²) in [6.07, 6.45) is 0. The van der Waals surface area contributed by atoms with Gasteiger partial charge in [-0.25, -0.2) is 0 Å². The van der Waals surface area contributed by atoms with Gasteiger partial charge in [0, 0.05) is 0 Å². The van der Waals surface area contributed by atoms with Crippen LogP contribution in [0.1, 0.15) is 0 Å². The number of thioether (sulfide) groups is 1. The maximum Gasteiger partial charge on any atom is 0.280 e. The Morgan fingerprint density at radius 1 is 1.00 bits per heavy atom. The van der Waals surface area contributed by atoms with Crippen molar-refractivity contribution in [2.45, 2.75) is 8.78 Å². The van der Waals surface area contributed by atoms with Gasteiger partial charge < -0.3 is 10.2 Å². The third kappa shape index (κ3) is 4.20. The summed E-state index contributed by atoms with van der Waals surface area (Å²) in [5.41, 5.74) is 0. The van der Waals surface area contributed by atoms with Crippen LogP contribution in [-0.2, 0) is 9.59 Å². The van der Waals surface area contributed by atoms with Crippen molar-refractivity contribution >= 4 is 68.7 Å². The van der Waals surface area contributed by atoms with E-state index in [0.29, 0.717) is 0 Å². The largest absolute Gasteiger partial charge is 0.359 e. The van der Waals surface area contributed by atoms with Crippen LogP contribution in [0.25, 0.3) is 0 Å². The first kappa shape index (κ1) is 13.8. The second-order valence-electron chi connectivity index (χ2n) is 1.77. The average molecular weight is 288 g/mol. The van der Waals surface area contributed by atoms with Crippen molar-refractivity contribution in [2.24, 2.45) is 0 Å². The standard InChI is InChI=1S/C4H2Cl4O4S/c5-1(9)3(7,11)13-4(8,12)2(6)10/h11-12H. The zero-order chi connectivity index (χ0) is 10.9. The molecule has 4 nitrogen and oxygen atoms in total. The maximum atomic E-state index is 10.4. The first-order valence-electron chi connectivity index (χ1n) is 2.52.